The molecule has 0 bridgehead atoms. The molecule has 2 heterocycles. The smallest absolute Gasteiger partial charge is 0.175 e. The fraction of sp³-hybridized carbons (Fsp3) is 0.400. The Hall–Kier alpha value is -1.99. The fourth-order valence-corrected chi connectivity index (χ4v) is 5.67. The molecule has 0 fully saturated rings. The van der Waals surface area contributed by atoms with E-state index in [1.807, 2.05) is 19.1 Å². The van der Waals surface area contributed by atoms with E-state index in [9.17, 15) is 8.42 Å². The van der Waals surface area contributed by atoms with E-state index in [0.717, 1.165) is 34.9 Å². The molecule has 1 atom stereocenters. The highest BCUT2D eigenvalue weighted by atomic mass is 32.2. The minimum absolute atomic E-state index is 0.0630. The predicted octanol–water partition coefficient (Wildman–Crippen LogP) is 4.09. The Kier molecular flexibility index (Phi) is 4.47. The second-order valence-electron chi connectivity index (χ2n) is 7.26. The predicted molar refractivity (Wildman–Crippen MR) is 111 cm³/mol. The van der Waals surface area contributed by atoms with Gasteiger partial charge in [-0.3, -0.25) is 0 Å². The van der Waals surface area contributed by atoms with Gasteiger partial charge in [0.05, 0.1) is 16.3 Å². The molecular weight excluding hydrogens is 378 g/mol. The molecule has 1 aliphatic carbocycles. The van der Waals surface area contributed by atoms with Gasteiger partial charge in [0, 0.05) is 18.2 Å². The number of nitrogens with zero attached hydrogens (tertiary/aromatic N) is 3. The average molecular weight is 402 g/mol. The van der Waals surface area contributed by atoms with Gasteiger partial charge in [-0.05, 0) is 56.4 Å². The monoisotopic (exact) mass is 401 g/mol. The first-order chi connectivity index (χ1) is 12.8. The summed E-state index contributed by atoms with van der Waals surface area (Å²) >= 11 is 1.80. The molecule has 4 rings (SSSR count). The van der Waals surface area contributed by atoms with Crippen LogP contribution in [0.3, 0.4) is 0 Å². The lowest BCUT2D eigenvalue weighted by Crippen LogP contribution is -2.23. The van der Waals surface area contributed by atoms with Crippen LogP contribution in [0.25, 0.3) is 10.2 Å². The number of aryl methyl sites for hydroxylation is 3. The number of sulfone groups is 1. The molecule has 1 aromatic carbocycles. The van der Waals surface area contributed by atoms with Gasteiger partial charge in [-0.25, -0.2) is 18.4 Å². The van der Waals surface area contributed by atoms with E-state index in [-0.39, 0.29) is 6.04 Å². The van der Waals surface area contributed by atoms with Crippen LogP contribution in [0.4, 0.5) is 5.82 Å². The summed E-state index contributed by atoms with van der Waals surface area (Å²) in [5, 5.41) is 1.19. The zero-order valence-corrected chi connectivity index (χ0v) is 17.6. The van der Waals surface area contributed by atoms with Gasteiger partial charge < -0.3 is 4.90 Å². The SMILES string of the molecule is Cc1nc(N(C)[C@H](C)c2ccc(S(C)(=O)=O)cc2)c2c3c(sc2n1)CCC3. The van der Waals surface area contributed by atoms with E-state index in [1.54, 1.807) is 23.5 Å². The molecule has 0 aliphatic heterocycles. The molecule has 142 valence electrons. The maximum absolute atomic E-state index is 11.7. The molecule has 3 aromatic rings. The molecule has 0 saturated heterocycles. The van der Waals surface area contributed by atoms with Gasteiger partial charge in [0.1, 0.15) is 16.5 Å². The van der Waals surface area contributed by atoms with Gasteiger partial charge in [0.2, 0.25) is 0 Å². The molecule has 1 aliphatic rings. The Morgan fingerprint density at radius 3 is 2.52 bits per heavy atom. The van der Waals surface area contributed by atoms with Crippen molar-refractivity contribution in [3.05, 3.63) is 46.1 Å². The Morgan fingerprint density at radius 2 is 1.85 bits per heavy atom. The third-order valence-electron chi connectivity index (χ3n) is 5.36. The topological polar surface area (TPSA) is 63.2 Å². The van der Waals surface area contributed by atoms with Crippen LogP contribution in [0, 0.1) is 6.92 Å². The highest BCUT2D eigenvalue weighted by molar-refractivity contribution is 7.90. The standard InChI is InChI=1S/C20H23N3O2S2/c1-12(14-8-10-15(11-9-14)27(4,24)25)23(3)19-18-16-6-5-7-17(16)26-20(18)22-13(2)21-19/h8-12H,5-7H2,1-4H3/t12-/m1/s1. The first-order valence-corrected chi connectivity index (χ1v) is 11.8. The molecule has 0 unspecified atom stereocenters. The normalized spacial score (nSPS) is 15.1. The summed E-state index contributed by atoms with van der Waals surface area (Å²) in [7, 11) is -1.13. The molecule has 0 N–H and O–H groups in total. The molecule has 0 amide bonds. The minimum atomic E-state index is -3.18. The number of hydrogen-bond donors (Lipinski definition) is 0. The van der Waals surface area contributed by atoms with Gasteiger partial charge in [0.25, 0.3) is 0 Å². The second kappa shape index (κ2) is 6.56. The van der Waals surface area contributed by atoms with Crippen LogP contribution < -0.4 is 4.90 Å². The van der Waals surface area contributed by atoms with Gasteiger partial charge in [0.15, 0.2) is 9.84 Å². The van der Waals surface area contributed by atoms with Crippen LogP contribution in [0.1, 0.15) is 41.2 Å². The van der Waals surface area contributed by atoms with Crippen LogP contribution in [0.2, 0.25) is 0 Å². The van der Waals surface area contributed by atoms with Crippen molar-refractivity contribution < 1.29 is 8.42 Å². The van der Waals surface area contributed by atoms with Crippen LogP contribution in [0.15, 0.2) is 29.2 Å². The highest BCUT2D eigenvalue weighted by Crippen LogP contribution is 2.41. The highest BCUT2D eigenvalue weighted by Gasteiger charge is 2.25. The fourth-order valence-electron chi connectivity index (χ4n) is 3.74. The summed E-state index contributed by atoms with van der Waals surface area (Å²) in [5.41, 5.74) is 2.47. The van der Waals surface area contributed by atoms with Gasteiger partial charge >= 0.3 is 0 Å². The van der Waals surface area contributed by atoms with Crippen LogP contribution in [-0.4, -0.2) is 31.7 Å². The number of rotatable bonds is 4. The van der Waals surface area contributed by atoms with Crippen molar-refractivity contribution in [2.45, 2.75) is 44.0 Å². The van der Waals surface area contributed by atoms with E-state index in [0.29, 0.717) is 4.90 Å². The Morgan fingerprint density at radius 1 is 1.15 bits per heavy atom. The second-order valence-corrected chi connectivity index (χ2v) is 10.4. The zero-order chi connectivity index (χ0) is 19.3. The van der Waals surface area contributed by atoms with Gasteiger partial charge in [-0.1, -0.05) is 12.1 Å². The van der Waals surface area contributed by atoms with E-state index >= 15 is 0 Å². The lowest BCUT2D eigenvalue weighted by Gasteiger charge is -2.27. The Labute approximate surface area is 164 Å². The van der Waals surface area contributed by atoms with Crippen molar-refractivity contribution in [2.75, 3.05) is 18.2 Å². The van der Waals surface area contributed by atoms with Gasteiger partial charge in [-0.15, -0.1) is 11.3 Å². The van der Waals surface area contributed by atoms with E-state index in [2.05, 4.69) is 23.9 Å². The van der Waals surface area contributed by atoms with Crippen molar-refractivity contribution in [3.8, 4) is 0 Å². The quantitative estimate of drug-likeness (QED) is 0.659. The molecule has 27 heavy (non-hydrogen) atoms. The molecular formula is C20H23N3O2S2. The molecule has 0 spiro atoms. The molecule has 7 heteroatoms. The largest absolute Gasteiger partial charge is 0.352 e. The average Bonchev–Trinajstić information content (AvgIpc) is 3.19. The summed E-state index contributed by atoms with van der Waals surface area (Å²) in [6.45, 7) is 4.05. The molecule has 0 saturated carbocycles. The lowest BCUT2D eigenvalue weighted by atomic mass is 10.1. The van der Waals surface area contributed by atoms with Crippen molar-refractivity contribution in [3.63, 3.8) is 0 Å². The number of fused-ring (bicyclic) bond motifs is 3. The first kappa shape index (κ1) is 18.4. The summed E-state index contributed by atoms with van der Waals surface area (Å²) in [5.74, 6) is 1.75. The third kappa shape index (κ3) is 3.23. The number of hydrogen-bond acceptors (Lipinski definition) is 6. The molecule has 0 radical (unpaired) electrons. The third-order valence-corrected chi connectivity index (χ3v) is 7.68. The lowest BCUT2D eigenvalue weighted by molar-refractivity contribution is 0.601. The number of aromatic nitrogens is 2. The maximum atomic E-state index is 11.7. The summed E-state index contributed by atoms with van der Waals surface area (Å²) in [6, 6.07) is 7.20. The summed E-state index contributed by atoms with van der Waals surface area (Å²) in [4.78, 5) is 14.5. The molecule has 2 aromatic heterocycles. The Bertz CT molecular complexity index is 1120. The Balaban J connectivity index is 1.75. The number of anilines is 1. The zero-order valence-electron chi connectivity index (χ0n) is 16.0. The van der Waals surface area contributed by atoms with Crippen molar-refractivity contribution in [1.29, 1.82) is 0 Å². The maximum Gasteiger partial charge on any atom is 0.175 e. The van der Waals surface area contributed by atoms with Crippen molar-refractivity contribution in [2.24, 2.45) is 0 Å². The number of thiophene rings is 1. The van der Waals surface area contributed by atoms with E-state index in [1.165, 1.54) is 28.5 Å². The number of benzene rings is 1. The van der Waals surface area contributed by atoms with E-state index in [4.69, 9.17) is 4.98 Å². The van der Waals surface area contributed by atoms with E-state index < -0.39 is 9.84 Å². The summed E-state index contributed by atoms with van der Waals surface area (Å²) < 4.78 is 23.4. The van der Waals surface area contributed by atoms with Crippen molar-refractivity contribution >= 4 is 37.2 Å². The van der Waals surface area contributed by atoms with Crippen LogP contribution in [-0.2, 0) is 22.7 Å². The van der Waals surface area contributed by atoms with Crippen molar-refractivity contribution in [1.82, 2.24) is 9.97 Å². The summed E-state index contributed by atoms with van der Waals surface area (Å²) in [6.07, 6.45) is 4.67. The van der Waals surface area contributed by atoms with Crippen LogP contribution >= 0.6 is 11.3 Å². The van der Waals surface area contributed by atoms with Gasteiger partial charge in [-0.2, -0.15) is 0 Å². The molecule has 5 nitrogen and oxygen atoms in total. The minimum Gasteiger partial charge on any atom is -0.352 e. The first-order valence-electron chi connectivity index (χ1n) is 9.07. The van der Waals surface area contributed by atoms with Crippen LogP contribution in [0.5, 0.6) is 0 Å².